The van der Waals surface area contributed by atoms with Gasteiger partial charge in [0.1, 0.15) is 17.8 Å². The van der Waals surface area contributed by atoms with Gasteiger partial charge in [0.2, 0.25) is 0 Å². The molecule has 0 aromatic rings. The summed E-state index contributed by atoms with van der Waals surface area (Å²) >= 11 is 0. The molecule has 50 heavy (non-hydrogen) atoms. The molecule has 2 rings (SSSR count). The summed E-state index contributed by atoms with van der Waals surface area (Å²) in [6, 6.07) is 0. The Morgan fingerprint density at radius 2 is 1.66 bits per heavy atom. The number of hydrogen-bond donors (Lipinski definition) is 3. The van der Waals surface area contributed by atoms with E-state index in [-0.39, 0.29) is 30.8 Å². The number of ether oxygens (including phenoxy) is 3. The van der Waals surface area contributed by atoms with Crippen LogP contribution in [0.1, 0.15) is 106 Å². The predicted molar refractivity (Wildman–Crippen MR) is 186 cm³/mol. The summed E-state index contributed by atoms with van der Waals surface area (Å²) in [5.41, 5.74) is 0.364. The summed E-state index contributed by atoms with van der Waals surface area (Å²) in [6.07, 6.45) is 15.8. The molecule has 2 aliphatic rings. The Morgan fingerprint density at radius 3 is 2.30 bits per heavy atom. The van der Waals surface area contributed by atoms with E-state index in [1.165, 1.54) is 0 Å². The van der Waals surface area contributed by atoms with E-state index in [9.17, 15) is 24.3 Å². The maximum Gasteiger partial charge on any atom is 0.328 e. The molecule has 7 unspecified atom stereocenters. The first-order valence-corrected chi connectivity index (χ1v) is 17.6. The molecule has 12 nitrogen and oxygen atoms in total. The first kappa shape index (κ1) is 42.6. The van der Waals surface area contributed by atoms with Gasteiger partial charge in [0.15, 0.2) is 5.79 Å². The summed E-state index contributed by atoms with van der Waals surface area (Å²) in [7, 11) is 0. The number of carboxylic acids is 3. The van der Waals surface area contributed by atoms with Crippen LogP contribution in [-0.2, 0) is 43.2 Å². The van der Waals surface area contributed by atoms with Gasteiger partial charge in [0, 0.05) is 30.9 Å². The highest BCUT2D eigenvalue weighted by atomic mass is 17.2. The van der Waals surface area contributed by atoms with Gasteiger partial charge in [-0.3, -0.25) is 9.59 Å². The highest BCUT2D eigenvalue weighted by molar-refractivity contribution is 5.81. The van der Waals surface area contributed by atoms with E-state index >= 15 is 0 Å². The van der Waals surface area contributed by atoms with Crippen LogP contribution in [0.15, 0.2) is 59.8 Å². The van der Waals surface area contributed by atoms with Gasteiger partial charge < -0.3 is 29.5 Å². The number of allylic oxidation sites excluding steroid dienone is 4. The SMILES string of the molecule is CCCCC1(OC(=O)CCC(=O)O)CCC2(CCC(C)C(CC=C(C)C=CC(OOCC)C(C)C=CC(=O)O)O2)OC1C=CC(C)=CC(=O)O. The molecule has 2 saturated heterocycles. The Kier molecular flexibility index (Phi) is 17.8. The second-order valence-electron chi connectivity index (χ2n) is 13.3. The molecule has 0 amide bonds. The molecule has 3 N–H and O–H groups in total. The van der Waals surface area contributed by atoms with Crippen molar-refractivity contribution in [2.24, 2.45) is 11.8 Å². The number of carbonyl (C=O) groups excluding carboxylic acids is 1. The molecule has 2 fully saturated rings. The predicted octanol–water partition coefficient (Wildman–Crippen LogP) is 7.11. The average Bonchev–Trinajstić information content (AvgIpc) is 3.06. The number of aliphatic carboxylic acids is 3. The highest BCUT2D eigenvalue weighted by Crippen LogP contribution is 2.48. The Labute approximate surface area is 295 Å². The van der Waals surface area contributed by atoms with Crippen LogP contribution in [0.3, 0.4) is 0 Å². The number of esters is 1. The zero-order valence-electron chi connectivity index (χ0n) is 30.3. The van der Waals surface area contributed by atoms with Gasteiger partial charge in [0.05, 0.1) is 25.6 Å². The maximum atomic E-state index is 12.9. The van der Waals surface area contributed by atoms with Crippen molar-refractivity contribution >= 4 is 23.9 Å². The third kappa shape index (κ3) is 14.3. The van der Waals surface area contributed by atoms with Gasteiger partial charge in [-0.05, 0) is 64.4 Å². The van der Waals surface area contributed by atoms with Gasteiger partial charge in [-0.2, -0.15) is 0 Å². The van der Waals surface area contributed by atoms with Crippen molar-refractivity contribution in [2.75, 3.05) is 6.61 Å². The number of rotatable bonds is 20. The standard InChI is InChI=1S/C38H56O12/c1-7-9-21-37(49-36(45)19-18-34(41)42)23-24-38(48-32(37)16-12-27(4)25-35(43)44)22-20-29(6)30(47-38)14-10-26(3)11-15-31(50-46-8-2)28(5)13-17-33(39)40/h10-13,15-17,25,28-32H,7-9,14,18-24H2,1-6H3,(H,39,40)(H,41,42)(H,43,44). The lowest BCUT2D eigenvalue weighted by atomic mass is 9.78. The van der Waals surface area contributed by atoms with E-state index < -0.39 is 47.5 Å². The Bertz CT molecular complexity index is 1300. The Hall–Kier alpha value is -3.58. The van der Waals surface area contributed by atoms with E-state index in [1.807, 2.05) is 32.9 Å². The molecule has 0 saturated carbocycles. The summed E-state index contributed by atoms with van der Waals surface area (Å²) in [5, 5.41) is 27.4. The van der Waals surface area contributed by atoms with E-state index in [2.05, 4.69) is 13.0 Å². The minimum atomic E-state index is -1.09. The number of unbranched alkanes of at least 4 members (excludes halogenated alkanes) is 1. The summed E-state index contributed by atoms with van der Waals surface area (Å²) in [4.78, 5) is 57.0. The quantitative estimate of drug-likeness (QED) is 0.0386. The van der Waals surface area contributed by atoms with Crippen molar-refractivity contribution in [3.8, 4) is 0 Å². The molecule has 0 radical (unpaired) electrons. The highest BCUT2D eigenvalue weighted by Gasteiger charge is 2.54. The molecular formula is C38H56O12. The van der Waals surface area contributed by atoms with Crippen LogP contribution in [0.2, 0.25) is 0 Å². The van der Waals surface area contributed by atoms with E-state index in [1.54, 1.807) is 32.1 Å². The van der Waals surface area contributed by atoms with Crippen molar-refractivity contribution in [1.29, 1.82) is 0 Å². The first-order valence-electron chi connectivity index (χ1n) is 17.6. The van der Waals surface area contributed by atoms with Gasteiger partial charge in [0.25, 0.3) is 0 Å². The van der Waals surface area contributed by atoms with Crippen molar-refractivity contribution in [3.63, 3.8) is 0 Å². The fourth-order valence-corrected chi connectivity index (χ4v) is 6.07. The van der Waals surface area contributed by atoms with Crippen molar-refractivity contribution in [1.82, 2.24) is 0 Å². The van der Waals surface area contributed by atoms with E-state index in [4.69, 9.17) is 34.2 Å². The summed E-state index contributed by atoms with van der Waals surface area (Å²) in [6.45, 7) is 11.8. The number of hydrogen-bond acceptors (Lipinski definition) is 9. The van der Waals surface area contributed by atoms with E-state index in [0.29, 0.717) is 44.3 Å². The van der Waals surface area contributed by atoms with E-state index in [0.717, 1.165) is 37.0 Å². The normalized spacial score (nSPS) is 27.6. The third-order valence-corrected chi connectivity index (χ3v) is 9.05. The Morgan fingerprint density at radius 1 is 0.920 bits per heavy atom. The molecule has 2 heterocycles. The zero-order chi connectivity index (χ0) is 37.3. The molecule has 280 valence electrons. The maximum absolute atomic E-state index is 12.9. The van der Waals surface area contributed by atoms with Crippen LogP contribution in [0.4, 0.5) is 0 Å². The molecule has 7 atom stereocenters. The van der Waals surface area contributed by atoms with Crippen molar-refractivity contribution in [2.45, 2.75) is 135 Å². The fraction of sp³-hybridized carbons (Fsp3) is 0.632. The molecule has 1 spiro atoms. The van der Waals surface area contributed by atoms with Crippen molar-refractivity contribution < 1.29 is 58.5 Å². The van der Waals surface area contributed by atoms with Crippen LogP contribution >= 0.6 is 0 Å². The minimum absolute atomic E-state index is 0.181. The van der Waals surface area contributed by atoms with Crippen LogP contribution in [0.5, 0.6) is 0 Å². The van der Waals surface area contributed by atoms with Crippen LogP contribution in [0, 0.1) is 11.8 Å². The molecule has 0 aliphatic carbocycles. The van der Waals surface area contributed by atoms with Gasteiger partial charge in [-0.25, -0.2) is 19.4 Å². The largest absolute Gasteiger partial charge is 0.481 e. The zero-order valence-corrected chi connectivity index (χ0v) is 30.3. The molecule has 12 heteroatoms. The minimum Gasteiger partial charge on any atom is -0.481 e. The monoisotopic (exact) mass is 704 g/mol. The smallest absolute Gasteiger partial charge is 0.328 e. The second kappa shape index (κ2) is 20.9. The molecule has 0 bridgehead atoms. The fourth-order valence-electron chi connectivity index (χ4n) is 6.07. The third-order valence-electron chi connectivity index (χ3n) is 9.05. The lowest BCUT2D eigenvalue weighted by molar-refractivity contribution is -0.344. The van der Waals surface area contributed by atoms with Crippen LogP contribution in [0.25, 0.3) is 0 Å². The number of carbonyl (C=O) groups is 4. The van der Waals surface area contributed by atoms with Gasteiger partial charge in [-0.1, -0.05) is 69.2 Å². The van der Waals surface area contributed by atoms with Crippen LogP contribution < -0.4 is 0 Å². The van der Waals surface area contributed by atoms with Gasteiger partial charge >= 0.3 is 23.9 Å². The topological polar surface area (TPSA) is 175 Å². The molecule has 2 aliphatic heterocycles. The lowest BCUT2D eigenvalue weighted by Gasteiger charge is -2.53. The molecule has 0 aromatic heterocycles. The number of carboxylic acid groups (broad SMARTS) is 3. The molecule has 0 aromatic carbocycles. The summed E-state index contributed by atoms with van der Waals surface area (Å²) < 4.78 is 19.7. The first-order chi connectivity index (χ1) is 23.6. The molecular weight excluding hydrogens is 648 g/mol. The summed E-state index contributed by atoms with van der Waals surface area (Å²) in [5.74, 6) is -4.82. The van der Waals surface area contributed by atoms with Crippen molar-refractivity contribution in [3.05, 3.63) is 59.8 Å². The Balaban J connectivity index is 2.33. The van der Waals surface area contributed by atoms with Crippen LogP contribution in [-0.4, -0.2) is 75.5 Å². The average molecular weight is 705 g/mol. The second-order valence-corrected chi connectivity index (χ2v) is 13.3. The lowest BCUT2D eigenvalue weighted by Crippen LogP contribution is -2.59. The van der Waals surface area contributed by atoms with Gasteiger partial charge in [-0.15, -0.1) is 0 Å².